The van der Waals surface area contributed by atoms with Gasteiger partial charge < -0.3 is 20.1 Å². The average molecular weight is 288 g/mol. The molecule has 2 aromatic rings. The van der Waals surface area contributed by atoms with Crippen LogP contribution in [-0.2, 0) is 16.0 Å². The second-order valence-corrected chi connectivity index (χ2v) is 5.34. The second kappa shape index (κ2) is 4.80. The first kappa shape index (κ1) is 13.5. The van der Waals surface area contributed by atoms with Gasteiger partial charge in [0.2, 0.25) is 5.91 Å². The molecule has 21 heavy (non-hydrogen) atoms. The standard InChI is InChI=1S/C15H16N2O4/c1-21-10-2-3-12-11(7-10)9(8-16-12)6-13(18)17-15(4-5-15)14(19)20/h2-3,7-8,16H,4-6H2,1H3,(H,17,18)(H,19,20). The number of H-pyrrole nitrogens is 1. The van der Waals surface area contributed by atoms with E-state index in [1.807, 2.05) is 18.2 Å². The minimum atomic E-state index is -1.04. The Morgan fingerprint density at radius 2 is 2.19 bits per heavy atom. The number of benzene rings is 1. The molecule has 0 spiro atoms. The van der Waals surface area contributed by atoms with Crippen LogP contribution in [-0.4, -0.2) is 34.6 Å². The zero-order valence-electron chi connectivity index (χ0n) is 11.6. The highest BCUT2D eigenvalue weighted by molar-refractivity contribution is 5.93. The molecule has 110 valence electrons. The van der Waals surface area contributed by atoms with Crippen LogP contribution in [0, 0.1) is 0 Å². The second-order valence-electron chi connectivity index (χ2n) is 5.34. The number of hydrogen-bond donors (Lipinski definition) is 3. The molecular formula is C15H16N2O4. The molecule has 1 fully saturated rings. The van der Waals surface area contributed by atoms with E-state index in [0.29, 0.717) is 18.6 Å². The molecule has 1 aliphatic carbocycles. The number of aliphatic carboxylic acids is 1. The predicted molar refractivity (Wildman–Crippen MR) is 76.3 cm³/mol. The molecule has 0 bridgehead atoms. The third-order valence-corrected chi connectivity index (χ3v) is 3.86. The summed E-state index contributed by atoms with van der Waals surface area (Å²) in [4.78, 5) is 26.2. The Hall–Kier alpha value is -2.50. The number of methoxy groups -OCH3 is 1. The number of carboxylic acid groups (broad SMARTS) is 1. The lowest BCUT2D eigenvalue weighted by Gasteiger charge is -2.12. The van der Waals surface area contributed by atoms with Crippen molar-refractivity contribution in [3.63, 3.8) is 0 Å². The molecule has 1 saturated carbocycles. The molecular weight excluding hydrogens is 272 g/mol. The summed E-state index contributed by atoms with van der Waals surface area (Å²) < 4.78 is 5.18. The van der Waals surface area contributed by atoms with Crippen molar-refractivity contribution in [3.05, 3.63) is 30.0 Å². The lowest BCUT2D eigenvalue weighted by molar-refractivity contribution is -0.143. The summed E-state index contributed by atoms with van der Waals surface area (Å²) >= 11 is 0. The van der Waals surface area contributed by atoms with Crippen LogP contribution in [0.5, 0.6) is 5.75 Å². The van der Waals surface area contributed by atoms with Crippen molar-refractivity contribution in [3.8, 4) is 5.75 Å². The van der Waals surface area contributed by atoms with Gasteiger partial charge in [-0.05, 0) is 36.6 Å². The molecule has 0 atom stereocenters. The number of aromatic nitrogens is 1. The van der Waals surface area contributed by atoms with Crippen LogP contribution in [0.4, 0.5) is 0 Å². The van der Waals surface area contributed by atoms with E-state index in [9.17, 15) is 9.59 Å². The number of hydrogen-bond acceptors (Lipinski definition) is 3. The summed E-state index contributed by atoms with van der Waals surface area (Å²) in [6, 6.07) is 5.58. The highest BCUT2D eigenvalue weighted by atomic mass is 16.5. The molecule has 1 amide bonds. The van der Waals surface area contributed by atoms with E-state index in [1.54, 1.807) is 13.3 Å². The van der Waals surface area contributed by atoms with Crippen LogP contribution < -0.4 is 10.1 Å². The van der Waals surface area contributed by atoms with Gasteiger partial charge in [-0.1, -0.05) is 0 Å². The van der Waals surface area contributed by atoms with Crippen LogP contribution in [0.1, 0.15) is 18.4 Å². The summed E-state index contributed by atoms with van der Waals surface area (Å²) in [5.41, 5.74) is 0.696. The van der Waals surface area contributed by atoms with Gasteiger partial charge in [-0.15, -0.1) is 0 Å². The molecule has 0 aliphatic heterocycles. The average Bonchev–Trinajstić information content (AvgIpc) is 3.14. The number of carbonyl (C=O) groups excluding carboxylic acids is 1. The van der Waals surface area contributed by atoms with Crippen molar-refractivity contribution in [2.45, 2.75) is 24.8 Å². The maximum atomic E-state index is 12.0. The molecule has 0 saturated heterocycles. The zero-order valence-corrected chi connectivity index (χ0v) is 11.6. The van der Waals surface area contributed by atoms with Gasteiger partial charge in [0.1, 0.15) is 11.3 Å². The Morgan fingerprint density at radius 3 is 2.81 bits per heavy atom. The van der Waals surface area contributed by atoms with Gasteiger partial charge in [0.25, 0.3) is 0 Å². The normalized spacial score (nSPS) is 15.7. The van der Waals surface area contributed by atoms with Crippen molar-refractivity contribution in [2.24, 2.45) is 0 Å². The number of carboxylic acids is 1. The quantitative estimate of drug-likeness (QED) is 0.776. The third kappa shape index (κ3) is 2.44. The van der Waals surface area contributed by atoms with E-state index in [0.717, 1.165) is 16.5 Å². The number of nitrogens with one attached hydrogen (secondary N) is 2. The summed E-state index contributed by atoms with van der Waals surface area (Å²) in [6.45, 7) is 0. The summed E-state index contributed by atoms with van der Waals surface area (Å²) in [6.07, 6.45) is 2.90. The van der Waals surface area contributed by atoms with Crippen molar-refractivity contribution in [1.82, 2.24) is 10.3 Å². The monoisotopic (exact) mass is 288 g/mol. The molecule has 3 rings (SSSR count). The molecule has 1 aliphatic rings. The number of fused-ring (bicyclic) bond motifs is 1. The van der Waals surface area contributed by atoms with Gasteiger partial charge in [0.15, 0.2) is 0 Å². The van der Waals surface area contributed by atoms with E-state index in [1.165, 1.54) is 0 Å². The van der Waals surface area contributed by atoms with Crippen molar-refractivity contribution >= 4 is 22.8 Å². The first-order chi connectivity index (χ1) is 10.0. The zero-order chi connectivity index (χ0) is 15.0. The van der Waals surface area contributed by atoms with E-state index >= 15 is 0 Å². The van der Waals surface area contributed by atoms with Crippen LogP contribution in [0.25, 0.3) is 10.9 Å². The van der Waals surface area contributed by atoms with Gasteiger partial charge in [-0.2, -0.15) is 0 Å². The third-order valence-electron chi connectivity index (χ3n) is 3.86. The lowest BCUT2D eigenvalue weighted by Crippen LogP contribution is -2.43. The Kier molecular flexibility index (Phi) is 3.08. The SMILES string of the molecule is COc1ccc2[nH]cc(CC(=O)NC3(C(=O)O)CC3)c2c1. The Morgan fingerprint density at radius 1 is 1.43 bits per heavy atom. The molecule has 1 aromatic heterocycles. The number of rotatable bonds is 5. The molecule has 1 aromatic carbocycles. The van der Waals surface area contributed by atoms with Gasteiger partial charge in [-0.3, -0.25) is 4.79 Å². The highest BCUT2D eigenvalue weighted by Gasteiger charge is 2.51. The van der Waals surface area contributed by atoms with Crippen LogP contribution in [0.15, 0.2) is 24.4 Å². The number of amides is 1. The number of aromatic amines is 1. The molecule has 6 nitrogen and oxygen atoms in total. The lowest BCUT2D eigenvalue weighted by atomic mass is 10.1. The van der Waals surface area contributed by atoms with Gasteiger partial charge in [0, 0.05) is 17.1 Å². The first-order valence-electron chi connectivity index (χ1n) is 6.72. The summed E-state index contributed by atoms with van der Waals surface area (Å²) in [7, 11) is 1.59. The predicted octanol–water partition coefficient (Wildman–Crippen LogP) is 1.45. The van der Waals surface area contributed by atoms with Crippen molar-refractivity contribution in [2.75, 3.05) is 7.11 Å². The highest BCUT2D eigenvalue weighted by Crippen LogP contribution is 2.35. The molecule has 1 heterocycles. The fourth-order valence-corrected chi connectivity index (χ4v) is 2.43. The Bertz CT molecular complexity index is 716. The minimum Gasteiger partial charge on any atom is -0.497 e. The summed E-state index contributed by atoms with van der Waals surface area (Å²) in [5.74, 6) is -0.525. The Labute approximate surface area is 121 Å². The maximum Gasteiger partial charge on any atom is 0.329 e. The first-order valence-corrected chi connectivity index (χ1v) is 6.72. The van der Waals surface area contributed by atoms with Crippen LogP contribution in [0.2, 0.25) is 0 Å². The fourth-order valence-electron chi connectivity index (χ4n) is 2.43. The molecule has 0 radical (unpaired) electrons. The fraction of sp³-hybridized carbons (Fsp3) is 0.333. The minimum absolute atomic E-state index is 0.141. The van der Waals surface area contributed by atoms with E-state index in [4.69, 9.17) is 9.84 Å². The molecule has 3 N–H and O–H groups in total. The van der Waals surface area contributed by atoms with E-state index in [2.05, 4.69) is 10.3 Å². The van der Waals surface area contributed by atoms with Crippen molar-refractivity contribution in [1.29, 1.82) is 0 Å². The van der Waals surface area contributed by atoms with Crippen molar-refractivity contribution < 1.29 is 19.4 Å². The van der Waals surface area contributed by atoms with Gasteiger partial charge >= 0.3 is 5.97 Å². The smallest absolute Gasteiger partial charge is 0.329 e. The van der Waals surface area contributed by atoms with E-state index in [-0.39, 0.29) is 12.3 Å². The maximum absolute atomic E-state index is 12.0. The van der Waals surface area contributed by atoms with Crippen LogP contribution >= 0.6 is 0 Å². The van der Waals surface area contributed by atoms with Crippen LogP contribution in [0.3, 0.4) is 0 Å². The number of ether oxygens (including phenoxy) is 1. The number of carbonyl (C=O) groups is 2. The van der Waals surface area contributed by atoms with Gasteiger partial charge in [-0.25, -0.2) is 4.79 Å². The molecule has 0 unspecified atom stereocenters. The topological polar surface area (TPSA) is 91.4 Å². The van der Waals surface area contributed by atoms with E-state index < -0.39 is 11.5 Å². The summed E-state index contributed by atoms with van der Waals surface area (Å²) in [5, 5.41) is 12.6. The largest absolute Gasteiger partial charge is 0.497 e. The molecule has 6 heteroatoms. The van der Waals surface area contributed by atoms with Gasteiger partial charge in [0.05, 0.1) is 13.5 Å². The Balaban J connectivity index is 1.78.